The van der Waals surface area contributed by atoms with Crippen molar-refractivity contribution in [1.29, 1.82) is 0 Å². The Morgan fingerprint density at radius 2 is 2.00 bits per heavy atom. The standard InChI is InChI=1S/C15H31NO/c1-3-14-9-8-10-15(13-14)17-12-7-5-6-11-16-4-2/h14-16H,3-13H2,1-2H3. The van der Waals surface area contributed by atoms with Crippen molar-refractivity contribution in [3.63, 3.8) is 0 Å². The van der Waals surface area contributed by atoms with Crippen LogP contribution in [0.3, 0.4) is 0 Å². The van der Waals surface area contributed by atoms with Gasteiger partial charge in [-0.05, 0) is 51.1 Å². The van der Waals surface area contributed by atoms with Crippen LogP contribution in [0, 0.1) is 5.92 Å². The highest BCUT2D eigenvalue weighted by molar-refractivity contribution is 4.72. The Morgan fingerprint density at radius 3 is 2.76 bits per heavy atom. The molecule has 0 aromatic carbocycles. The van der Waals surface area contributed by atoms with Crippen LogP contribution in [0.15, 0.2) is 0 Å². The van der Waals surface area contributed by atoms with Crippen LogP contribution in [0.4, 0.5) is 0 Å². The summed E-state index contributed by atoms with van der Waals surface area (Å²) >= 11 is 0. The van der Waals surface area contributed by atoms with E-state index in [-0.39, 0.29) is 0 Å². The molecule has 1 N–H and O–H groups in total. The molecule has 0 heterocycles. The average molecular weight is 241 g/mol. The van der Waals surface area contributed by atoms with Gasteiger partial charge in [-0.3, -0.25) is 0 Å². The topological polar surface area (TPSA) is 21.3 Å². The third-order valence-corrected chi connectivity index (χ3v) is 3.91. The normalized spacial score (nSPS) is 25.1. The molecule has 1 saturated carbocycles. The molecule has 1 rings (SSSR count). The van der Waals surface area contributed by atoms with Gasteiger partial charge in [0.15, 0.2) is 0 Å². The van der Waals surface area contributed by atoms with Crippen LogP contribution in [0.1, 0.15) is 65.2 Å². The molecule has 102 valence electrons. The number of rotatable bonds is 9. The maximum Gasteiger partial charge on any atom is 0.0577 e. The Labute approximate surface area is 108 Å². The van der Waals surface area contributed by atoms with Crippen molar-refractivity contribution in [3.05, 3.63) is 0 Å². The van der Waals surface area contributed by atoms with E-state index >= 15 is 0 Å². The number of nitrogens with one attached hydrogen (secondary N) is 1. The first-order chi connectivity index (χ1) is 8.36. The van der Waals surface area contributed by atoms with E-state index in [1.807, 2.05) is 0 Å². The zero-order valence-corrected chi connectivity index (χ0v) is 11.8. The Hall–Kier alpha value is -0.0800. The predicted octanol–water partition coefficient (Wildman–Crippen LogP) is 3.75. The molecule has 0 aromatic rings. The van der Waals surface area contributed by atoms with E-state index in [2.05, 4.69) is 19.2 Å². The molecule has 0 aliphatic heterocycles. The van der Waals surface area contributed by atoms with Crippen molar-refractivity contribution in [3.8, 4) is 0 Å². The summed E-state index contributed by atoms with van der Waals surface area (Å²) in [5.41, 5.74) is 0. The van der Waals surface area contributed by atoms with Crippen molar-refractivity contribution in [2.24, 2.45) is 5.92 Å². The van der Waals surface area contributed by atoms with Crippen LogP contribution in [0.2, 0.25) is 0 Å². The average Bonchev–Trinajstić information content (AvgIpc) is 2.38. The van der Waals surface area contributed by atoms with Crippen molar-refractivity contribution >= 4 is 0 Å². The summed E-state index contributed by atoms with van der Waals surface area (Å²) in [6.45, 7) is 7.71. The van der Waals surface area contributed by atoms with Gasteiger partial charge in [-0.25, -0.2) is 0 Å². The van der Waals surface area contributed by atoms with Gasteiger partial charge in [-0.2, -0.15) is 0 Å². The van der Waals surface area contributed by atoms with Crippen molar-refractivity contribution in [2.45, 2.75) is 71.3 Å². The Balaban J connectivity index is 1.91. The number of unbranched alkanes of at least 4 members (excludes halogenated alkanes) is 2. The molecule has 0 aromatic heterocycles. The van der Waals surface area contributed by atoms with Gasteiger partial charge >= 0.3 is 0 Å². The molecule has 0 bridgehead atoms. The van der Waals surface area contributed by atoms with Gasteiger partial charge in [0.1, 0.15) is 0 Å². The van der Waals surface area contributed by atoms with Crippen LogP contribution >= 0.6 is 0 Å². The largest absolute Gasteiger partial charge is 0.378 e. The van der Waals surface area contributed by atoms with E-state index in [1.54, 1.807) is 0 Å². The van der Waals surface area contributed by atoms with Gasteiger partial charge in [-0.15, -0.1) is 0 Å². The molecule has 2 nitrogen and oxygen atoms in total. The van der Waals surface area contributed by atoms with Crippen LogP contribution in [0.5, 0.6) is 0 Å². The summed E-state index contributed by atoms with van der Waals surface area (Å²) in [5, 5.41) is 3.36. The fourth-order valence-electron chi connectivity index (χ4n) is 2.72. The first-order valence-corrected chi connectivity index (χ1v) is 7.69. The maximum atomic E-state index is 6.00. The van der Waals surface area contributed by atoms with Gasteiger partial charge < -0.3 is 10.1 Å². The van der Waals surface area contributed by atoms with E-state index in [0.29, 0.717) is 6.10 Å². The minimum Gasteiger partial charge on any atom is -0.378 e. The lowest BCUT2D eigenvalue weighted by Crippen LogP contribution is -2.23. The summed E-state index contributed by atoms with van der Waals surface area (Å²) in [4.78, 5) is 0. The summed E-state index contributed by atoms with van der Waals surface area (Å²) in [7, 11) is 0. The Morgan fingerprint density at radius 1 is 1.12 bits per heavy atom. The van der Waals surface area contributed by atoms with Crippen LogP contribution in [0.25, 0.3) is 0 Å². The SMILES string of the molecule is CCNCCCCCOC1CCCC(CC)C1. The van der Waals surface area contributed by atoms with Gasteiger partial charge in [0.25, 0.3) is 0 Å². The Bertz CT molecular complexity index is 172. The minimum absolute atomic E-state index is 0.572. The molecular formula is C15H31NO. The fourth-order valence-corrected chi connectivity index (χ4v) is 2.72. The highest BCUT2D eigenvalue weighted by Crippen LogP contribution is 2.28. The number of hydrogen-bond acceptors (Lipinski definition) is 2. The van der Waals surface area contributed by atoms with Crippen molar-refractivity contribution in [1.82, 2.24) is 5.32 Å². The summed E-state index contributed by atoms with van der Waals surface area (Å²) in [6.07, 6.45) is 11.2. The molecule has 2 atom stereocenters. The zero-order valence-electron chi connectivity index (χ0n) is 11.8. The monoisotopic (exact) mass is 241 g/mol. The second kappa shape index (κ2) is 9.90. The van der Waals surface area contributed by atoms with Gasteiger partial charge in [-0.1, -0.05) is 33.1 Å². The molecule has 0 radical (unpaired) electrons. The molecule has 0 spiro atoms. The smallest absolute Gasteiger partial charge is 0.0577 e. The predicted molar refractivity (Wildman–Crippen MR) is 74.4 cm³/mol. The molecule has 0 saturated heterocycles. The molecule has 0 amide bonds. The lowest BCUT2D eigenvalue weighted by Gasteiger charge is -2.28. The number of hydrogen-bond donors (Lipinski definition) is 1. The summed E-state index contributed by atoms with van der Waals surface area (Å²) in [6, 6.07) is 0. The van der Waals surface area contributed by atoms with Crippen LogP contribution in [-0.4, -0.2) is 25.8 Å². The summed E-state index contributed by atoms with van der Waals surface area (Å²) < 4.78 is 6.00. The Kier molecular flexibility index (Phi) is 8.72. The lowest BCUT2D eigenvalue weighted by molar-refractivity contribution is 0.0107. The second-order valence-electron chi connectivity index (χ2n) is 5.35. The fraction of sp³-hybridized carbons (Fsp3) is 1.00. The minimum atomic E-state index is 0.572. The van der Waals surface area contributed by atoms with E-state index in [1.165, 1.54) is 51.4 Å². The summed E-state index contributed by atoms with van der Waals surface area (Å²) in [5.74, 6) is 0.933. The van der Waals surface area contributed by atoms with Crippen LogP contribution in [-0.2, 0) is 4.74 Å². The van der Waals surface area contributed by atoms with E-state index in [9.17, 15) is 0 Å². The maximum absolute atomic E-state index is 6.00. The molecule has 1 aliphatic rings. The van der Waals surface area contributed by atoms with Crippen molar-refractivity contribution in [2.75, 3.05) is 19.7 Å². The highest BCUT2D eigenvalue weighted by Gasteiger charge is 2.20. The van der Waals surface area contributed by atoms with Crippen LogP contribution < -0.4 is 5.32 Å². The highest BCUT2D eigenvalue weighted by atomic mass is 16.5. The quantitative estimate of drug-likeness (QED) is 0.621. The van der Waals surface area contributed by atoms with E-state index < -0.39 is 0 Å². The van der Waals surface area contributed by atoms with Gasteiger partial charge in [0.2, 0.25) is 0 Å². The molecule has 2 heteroatoms. The third-order valence-electron chi connectivity index (χ3n) is 3.91. The number of ether oxygens (including phenoxy) is 1. The first kappa shape index (κ1) is 15.0. The molecule has 2 unspecified atom stereocenters. The molecular weight excluding hydrogens is 210 g/mol. The first-order valence-electron chi connectivity index (χ1n) is 7.69. The van der Waals surface area contributed by atoms with Crippen molar-refractivity contribution < 1.29 is 4.74 Å². The van der Waals surface area contributed by atoms with Gasteiger partial charge in [0.05, 0.1) is 6.10 Å². The molecule has 17 heavy (non-hydrogen) atoms. The third kappa shape index (κ3) is 7.05. The zero-order chi connectivity index (χ0) is 12.3. The second-order valence-corrected chi connectivity index (χ2v) is 5.35. The van der Waals surface area contributed by atoms with Gasteiger partial charge in [0, 0.05) is 6.61 Å². The molecule has 1 aliphatic carbocycles. The molecule has 1 fully saturated rings. The lowest BCUT2D eigenvalue weighted by atomic mass is 9.85. The van der Waals surface area contributed by atoms with E-state index in [0.717, 1.165) is 25.6 Å². The van der Waals surface area contributed by atoms with E-state index in [4.69, 9.17) is 4.74 Å².